The van der Waals surface area contributed by atoms with Crippen molar-refractivity contribution in [3.8, 4) is 0 Å². The molecule has 1 radical (unpaired) electrons. The van der Waals surface area contributed by atoms with Gasteiger partial charge < -0.3 is 5.11 Å². The lowest BCUT2D eigenvalue weighted by Crippen LogP contribution is -2.33. The summed E-state index contributed by atoms with van der Waals surface area (Å²) in [7, 11) is 0. The fraction of sp³-hybridized carbons (Fsp3) is 0.889. The molecule has 0 amide bonds. The molecule has 1 fully saturated rings. The fourth-order valence-electron chi connectivity index (χ4n) is 1.63. The number of aliphatic hydroxyl groups is 1. The third kappa shape index (κ3) is 2.42. The smallest absolute Gasteiger partial charge is 0.147 e. The quantitative estimate of drug-likeness (QED) is 0.690. The summed E-state index contributed by atoms with van der Waals surface area (Å²) >= 11 is 0. The second-order valence-electron chi connectivity index (χ2n) is 3.98. The molecule has 1 saturated heterocycles. The molecule has 71 valence electrons. The Morgan fingerprint density at radius 3 is 2.67 bits per heavy atom. The number of halogens is 1. The summed E-state index contributed by atoms with van der Waals surface area (Å²) in [5.41, 5.74) is -1.34. The monoisotopic (exact) mass is 174 g/mol. The minimum atomic E-state index is -1.34. The van der Waals surface area contributed by atoms with E-state index < -0.39 is 5.67 Å². The lowest BCUT2D eigenvalue weighted by Gasteiger charge is -2.19. The van der Waals surface area contributed by atoms with Gasteiger partial charge in [0.2, 0.25) is 0 Å². The van der Waals surface area contributed by atoms with E-state index in [1.807, 2.05) is 18.7 Å². The molecule has 0 aromatic carbocycles. The first kappa shape index (κ1) is 9.93. The van der Waals surface area contributed by atoms with E-state index in [-0.39, 0.29) is 6.61 Å². The molecule has 1 N–H and O–H groups in total. The lowest BCUT2D eigenvalue weighted by molar-refractivity contribution is 0.0783. The summed E-state index contributed by atoms with van der Waals surface area (Å²) in [5, 5.41) is 8.77. The van der Waals surface area contributed by atoms with Crippen molar-refractivity contribution < 1.29 is 9.50 Å². The van der Waals surface area contributed by atoms with Crippen LogP contribution in [0, 0.1) is 5.92 Å². The van der Waals surface area contributed by atoms with Crippen LogP contribution in [-0.2, 0) is 0 Å². The molecule has 1 aliphatic heterocycles. The van der Waals surface area contributed by atoms with E-state index in [0.717, 1.165) is 13.1 Å². The molecular formula is C9H17FNO. The molecular weight excluding hydrogens is 157 g/mol. The Bertz CT molecular complexity index is 151. The highest BCUT2D eigenvalue weighted by Gasteiger charge is 2.37. The van der Waals surface area contributed by atoms with Crippen molar-refractivity contribution in [1.29, 1.82) is 0 Å². The van der Waals surface area contributed by atoms with E-state index in [1.165, 1.54) is 5.92 Å². The van der Waals surface area contributed by atoms with Gasteiger partial charge in [0.15, 0.2) is 0 Å². The highest BCUT2D eigenvalue weighted by atomic mass is 19.1. The number of hydrogen-bond donors (Lipinski definition) is 1. The average Bonchev–Trinajstić information content (AvgIpc) is 2.32. The molecule has 0 aromatic heterocycles. The Hall–Kier alpha value is -0.150. The van der Waals surface area contributed by atoms with Gasteiger partial charge in [-0.1, -0.05) is 13.8 Å². The summed E-state index contributed by atoms with van der Waals surface area (Å²) in [4.78, 5) is 2.05. The van der Waals surface area contributed by atoms with E-state index in [0.29, 0.717) is 13.0 Å². The molecule has 1 aliphatic rings. The molecule has 1 rings (SSSR count). The van der Waals surface area contributed by atoms with E-state index >= 15 is 0 Å². The molecule has 1 unspecified atom stereocenters. The first-order valence-corrected chi connectivity index (χ1v) is 4.37. The van der Waals surface area contributed by atoms with E-state index in [1.54, 1.807) is 0 Å². The minimum absolute atomic E-state index is 0.341. The number of aliphatic hydroxyl groups excluding tert-OH is 1. The maximum atomic E-state index is 13.4. The molecule has 0 aliphatic carbocycles. The third-order valence-corrected chi connectivity index (χ3v) is 2.21. The zero-order chi connectivity index (χ0) is 9.19. The van der Waals surface area contributed by atoms with Gasteiger partial charge in [0.1, 0.15) is 5.67 Å². The molecule has 0 aromatic rings. The highest BCUT2D eigenvalue weighted by molar-refractivity contribution is 4.93. The number of likely N-dealkylation sites (tertiary alicyclic amines) is 1. The van der Waals surface area contributed by atoms with Gasteiger partial charge in [-0.2, -0.15) is 0 Å². The van der Waals surface area contributed by atoms with Crippen molar-refractivity contribution in [3.05, 3.63) is 5.92 Å². The normalized spacial score (nSPS) is 31.8. The van der Waals surface area contributed by atoms with Crippen LogP contribution in [0.5, 0.6) is 0 Å². The molecule has 1 heterocycles. The Morgan fingerprint density at radius 2 is 2.25 bits per heavy atom. The Morgan fingerprint density at radius 1 is 1.58 bits per heavy atom. The number of hydrogen-bond acceptors (Lipinski definition) is 2. The summed E-state index contributed by atoms with van der Waals surface area (Å²) in [6, 6.07) is 0. The van der Waals surface area contributed by atoms with Gasteiger partial charge in [-0.25, -0.2) is 4.39 Å². The zero-order valence-corrected chi connectivity index (χ0v) is 7.81. The molecule has 12 heavy (non-hydrogen) atoms. The molecule has 0 spiro atoms. The average molecular weight is 174 g/mol. The number of nitrogens with zero attached hydrogens (tertiary/aromatic N) is 1. The van der Waals surface area contributed by atoms with Crippen molar-refractivity contribution in [2.24, 2.45) is 0 Å². The van der Waals surface area contributed by atoms with Crippen LogP contribution >= 0.6 is 0 Å². The van der Waals surface area contributed by atoms with Crippen molar-refractivity contribution in [1.82, 2.24) is 4.90 Å². The second-order valence-corrected chi connectivity index (χ2v) is 3.98. The summed E-state index contributed by atoms with van der Waals surface area (Å²) in [5.74, 6) is 1.29. The Kier molecular flexibility index (Phi) is 3.07. The van der Waals surface area contributed by atoms with E-state index in [9.17, 15) is 4.39 Å². The van der Waals surface area contributed by atoms with Gasteiger partial charge in [0.05, 0.1) is 6.61 Å². The topological polar surface area (TPSA) is 23.5 Å². The maximum Gasteiger partial charge on any atom is 0.147 e. The number of alkyl halides is 1. The van der Waals surface area contributed by atoms with Gasteiger partial charge in [-0.15, -0.1) is 0 Å². The van der Waals surface area contributed by atoms with Crippen LogP contribution in [0.3, 0.4) is 0 Å². The van der Waals surface area contributed by atoms with Crippen molar-refractivity contribution in [2.75, 3.05) is 26.2 Å². The standard InChI is InChI=1S/C9H17FNO/c1-8(2)5-11-4-3-9(10,6-11)7-12/h12H,3-7H2,1-2H3. The van der Waals surface area contributed by atoms with E-state index in [2.05, 4.69) is 0 Å². The predicted octanol–water partition coefficient (Wildman–Crippen LogP) is 1.01. The van der Waals surface area contributed by atoms with Crippen LogP contribution in [0.15, 0.2) is 0 Å². The summed E-state index contributed by atoms with van der Waals surface area (Å²) < 4.78 is 13.4. The molecule has 2 nitrogen and oxygen atoms in total. The second kappa shape index (κ2) is 3.71. The maximum absolute atomic E-state index is 13.4. The largest absolute Gasteiger partial charge is 0.393 e. The zero-order valence-electron chi connectivity index (χ0n) is 7.81. The van der Waals surface area contributed by atoms with Gasteiger partial charge in [0, 0.05) is 19.6 Å². The van der Waals surface area contributed by atoms with Crippen LogP contribution < -0.4 is 0 Å². The minimum Gasteiger partial charge on any atom is -0.393 e. The highest BCUT2D eigenvalue weighted by Crippen LogP contribution is 2.25. The van der Waals surface area contributed by atoms with Crippen LogP contribution in [0.25, 0.3) is 0 Å². The van der Waals surface area contributed by atoms with Crippen LogP contribution in [0.1, 0.15) is 20.3 Å². The van der Waals surface area contributed by atoms with Gasteiger partial charge in [-0.3, -0.25) is 4.90 Å². The van der Waals surface area contributed by atoms with Crippen LogP contribution in [-0.4, -0.2) is 41.9 Å². The predicted molar refractivity (Wildman–Crippen MR) is 46.6 cm³/mol. The summed E-state index contributed by atoms with van der Waals surface area (Å²) in [6.07, 6.45) is 0.469. The SMILES string of the molecule is C[C](C)CN1CCC(F)(CO)C1. The first-order chi connectivity index (χ1) is 5.56. The lowest BCUT2D eigenvalue weighted by atomic mass is 10.1. The summed E-state index contributed by atoms with van der Waals surface area (Å²) in [6.45, 7) is 5.74. The van der Waals surface area contributed by atoms with E-state index in [4.69, 9.17) is 5.11 Å². The van der Waals surface area contributed by atoms with Crippen LogP contribution in [0.2, 0.25) is 0 Å². The molecule has 0 saturated carbocycles. The van der Waals surface area contributed by atoms with Crippen LogP contribution in [0.4, 0.5) is 4.39 Å². The van der Waals surface area contributed by atoms with Gasteiger partial charge >= 0.3 is 0 Å². The van der Waals surface area contributed by atoms with Gasteiger partial charge in [0.25, 0.3) is 0 Å². The first-order valence-electron chi connectivity index (χ1n) is 4.37. The molecule has 0 bridgehead atoms. The van der Waals surface area contributed by atoms with Crippen molar-refractivity contribution in [2.45, 2.75) is 25.9 Å². The Labute approximate surface area is 73.4 Å². The number of rotatable bonds is 3. The van der Waals surface area contributed by atoms with Crippen molar-refractivity contribution in [3.63, 3.8) is 0 Å². The Balaban J connectivity index is 2.35. The van der Waals surface area contributed by atoms with Crippen molar-refractivity contribution >= 4 is 0 Å². The fourth-order valence-corrected chi connectivity index (χ4v) is 1.63. The van der Waals surface area contributed by atoms with Gasteiger partial charge in [-0.05, 0) is 12.3 Å². The molecule has 3 heteroatoms. The third-order valence-electron chi connectivity index (χ3n) is 2.21. The molecule has 1 atom stereocenters.